The molecule has 11 nitrogen and oxygen atoms in total. The zero-order valence-electron chi connectivity index (χ0n) is 22.6. The van der Waals surface area contributed by atoms with Crippen molar-refractivity contribution in [3.8, 4) is 17.2 Å². The number of halogens is 5. The Kier molecular flexibility index (Phi) is 10.1. The molecule has 230 valence electrons. The smallest absolute Gasteiger partial charge is 0.284 e. The van der Waals surface area contributed by atoms with E-state index >= 15 is 4.39 Å². The molecule has 2 aromatic carbocycles. The molecule has 44 heavy (non-hydrogen) atoms. The zero-order chi connectivity index (χ0) is 29.2. The van der Waals surface area contributed by atoms with Crippen LogP contribution in [-0.2, 0) is 0 Å². The minimum Gasteiger partial charge on any atom is -0.453 e. The van der Waals surface area contributed by atoms with Crippen molar-refractivity contribution >= 4 is 53.3 Å². The highest BCUT2D eigenvalue weighted by Crippen LogP contribution is 2.35. The van der Waals surface area contributed by atoms with Crippen LogP contribution in [-0.4, -0.2) is 56.2 Å². The molecule has 1 saturated heterocycles. The number of carbonyl (C=O) groups excluding carboxylic acids is 1. The number of amides is 1. The molecule has 0 spiro atoms. The Hall–Kier alpha value is -4.66. The van der Waals surface area contributed by atoms with Crippen LogP contribution in [0.3, 0.4) is 0 Å². The summed E-state index contributed by atoms with van der Waals surface area (Å²) in [6, 6.07) is 11.1. The first kappa shape index (κ1) is 32.3. The Balaban J connectivity index is 0.00000221. The third-order valence-corrected chi connectivity index (χ3v) is 6.72. The first-order chi connectivity index (χ1) is 20.4. The summed E-state index contributed by atoms with van der Waals surface area (Å²) in [6.07, 6.45) is 2.14. The lowest BCUT2D eigenvalue weighted by atomic mass is 10.0. The van der Waals surface area contributed by atoms with Crippen molar-refractivity contribution < 1.29 is 22.7 Å². The number of aromatic amines is 1. The largest absolute Gasteiger partial charge is 0.453 e. The van der Waals surface area contributed by atoms with E-state index < -0.39 is 35.3 Å². The number of ether oxygens (including phenoxy) is 1. The summed E-state index contributed by atoms with van der Waals surface area (Å²) < 4.78 is 49.6. The zero-order valence-corrected chi connectivity index (χ0v) is 24.2. The number of carbonyl (C=O) groups is 1. The van der Waals surface area contributed by atoms with Crippen LogP contribution in [0.5, 0.6) is 11.5 Å². The highest BCUT2D eigenvalue weighted by molar-refractivity contribution is 6.04. The first-order valence-corrected chi connectivity index (χ1v) is 12.9. The topological polar surface area (TPSA) is 139 Å². The van der Waals surface area contributed by atoms with Gasteiger partial charge in [0.05, 0.1) is 11.7 Å². The normalized spacial score (nSPS) is 16.0. The van der Waals surface area contributed by atoms with Crippen LogP contribution in [0.2, 0.25) is 0 Å². The minimum absolute atomic E-state index is 0. The van der Waals surface area contributed by atoms with E-state index in [-0.39, 0.29) is 59.8 Å². The summed E-state index contributed by atoms with van der Waals surface area (Å²) in [5.74, 6) is -1.67. The van der Waals surface area contributed by atoms with Crippen molar-refractivity contribution in [3.05, 3.63) is 94.5 Å². The van der Waals surface area contributed by atoms with Gasteiger partial charge in [-0.1, -0.05) is 0 Å². The quantitative estimate of drug-likeness (QED) is 0.198. The molecule has 4 heterocycles. The minimum atomic E-state index is -1.12. The molecule has 16 heteroatoms. The summed E-state index contributed by atoms with van der Waals surface area (Å²) in [6.45, 7) is 0.878. The third-order valence-electron chi connectivity index (χ3n) is 6.72. The van der Waals surface area contributed by atoms with Crippen LogP contribution in [0.1, 0.15) is 16.8 Å². The summed E-state index contributed by atoms with van der Waals surface area (Å²) in [5.41, 5.74) is -0.285. The van der Waals surface area contributed by atoms with E-state index in [4.69, 9.17) is 4.74 Å². The number of aromatic nitrogens is 5. The lowest BCUT2D eigenvalue weighted by molar-refractivity contribution is 0.102. The fourth-order valence-corrected chi connectivity index (χ4v) is 4.60. The summed E-state index contributed by atoms with van der Waals surface area (Å²) in [5, 5.41) is 19.9. The van der Waals surface area contributed by atoms with E-state index in [1.165, 1.54) is 48.8 Å². The Morgan fingerprint density at radius 1 is 1.02 bits per heavy atom. The van der Waals surface area contributed by atoms with Crippen LogP contribution in [0.15, 0.2) is 71.8 Å². The average Bonchev–Trinajstić information content (AvgIpc) is 3.40. The molecule has 1 aliphatic rings. The van der Waals surface area contributed by atoms with Crippen LogP contribution in [0.4, 0.5) is 24.7 Å². The van der Waals surface area contributed by atoms with Gasteiger partial charge in [0, 0.05) is 36.8 Å². The Morgan fingerprint density at radius 2 is 1.82 bits per heavy atom. The predicted molar refractivity (Wildman–Crippen MR) is 162 cm³/mol. The lowest BCUT2D eigenvalue weighted by Crippen LogP contribution is -2.45. The van der Waals surface area contributed by atoms with Gasteiger partial charge in [-0.25, -0.2) is 18.2 Å². The van der Waals surface area contributed by atoms with Crippen molar-refractivity contribution in [2.45, 2.75) is 18.6 Å². The maximum atomic E-state index is 15.1. The van der Waals surface area contributed by atoms with Crippen molar-refractivity contribution in [2.24, 2.45) is 0 Å². The first-order valence-electron chi connectivity index (χ1n) is 12.9. The number of alkyl halides is 1. The molecule has 0 bridgehead atoms. The maximum absolute atomic E-state index is 15.1. The van der Waals surface area contributed by atoms with E-state index in [0.717, 1.165) is 22.9 Å². The van der Waals surface area contributed by atoms with E-state index in [2.05, 4.69) is 36.2 Å². The number of hydrogen-bond donors (Lipinski definition) is 4. The van der Waals surface area contributed by atoms with E-state index in [1.807, 2.05) is 0 Å². The standard InChI is InChI=1S/C28H23F3N8O3.2ClH/c29-15-1-4-17(5-2-15)39-28(41)18(7-12-34-39)27(40)35-16-3-6-22(19(30)13-16)42-23-9-11-33-25-24(23)26(38-37-25)36-21-8-10-32-14-20(21)31;;/h1-7,9,11-13,20-21,32H,8,10,14H2,(H,35,40)(H2,33,36,37,38);2*1H/t20-,21-;;/m0../s1. The number of H-pyrrole nitrogens is 1. The molecule has 2 atom stereocenters. The number of pyridine rings is 1. The predicted octanol–water partition coefficient (Wildman–Crippen LogP) is 4.78. The number of piperidine rings is 1. The maximum Gasteiger partial charge on any atom is 0.284 e. The molecule has 3 aromatic heterocycles. The van der Waals surface area contributed by atoms with Crippen molar-refractivity contribution in [1.29, 1.82) is 0 Å². The highest BCUT2D eigenvalue weighted by Gasteiger charge is 2.26. The van der Waals surface area contributed by atoms with Crippen LogP contribution >= 0.6 is 24.8 Å². The van der Waals surface area contributed by atoms with Gasteiger partial charge in [0.1, 0.15) is 28.7 Å². The molecule has 6 rings (SSSR count). The van der Waals surface area contributed by atoms with Crippen molar-refractivity contribution in [3.63, 3.8) is 0 Å². The van der Waals surface area contributed by atoms with Crippen molar-refractivity contribution in [1.82, 2.24) is 30.3 Å². The van der Waals surface area contributed by atoms with Gasteiger partial charge < -0.3 is 20.7 Å². The van der Waals surface area contributed by atoms with Crippen LogP contribution in [0.25, 0.3) is 16.7 Å². The van der Waals surface area contributed by atoms with Gasteiger partial charge in [-0.3, -0.25) is 14.7 Å². The number of fused-ring (bicyclic) bond motifs is 1. The van der Waals surface area contributed by atoms with E-state index in [1.54, 1.807) is 0 Å². The molecule has 5 aromatic rings. The number of hydrogen-bond acceptors (Lipinski definition) is 8. The second kappa shape index (κ2) is 13.8. The number of anilines is 2. The number of rotatable bonds is 7. The monoisotopic (exact) mass is 648 g/mol. The van der Waals surface area contributed by atoms with E-state index in [0.29, 0.717) is 29.8 Å². The molecular weight excluding hydrogens is 624 g/mol. The van der Waals surface area contributed by atoms with Gasteiger partial charge in [-0.2, -0.15) is 14.9 Å². The average molecular weight is 649 g/mol. The van der Waals surface area contributed by atoms with Gasteiger partial charge in [0.15, 0.2) is 23.0 Å². The van der Waals surface area contributed by atoms with Crippen molar-refractivity contribution in [2.75, 3.05) is 23.7 Å². The lowest BCUT2D eigenvalue weighted by Gasteiger charge is -2.27. The molecule has 1 fully saturated rings. The van der Waals surface area contributed by atoms with Gasteiger partial charge in [-0.05, 0) is 55.4 Å². The summed E-state index contributed by atoms with van der Waals surface area (Å²) in [7, 11) is 0. The number of benzene rings is 2. The molecule has 4 N–H and O–H groups in total. The Bertz CT molecular complexity index is 1840. The molecule has 0 unspecified atom stereocenters. The second-order valence-corrected chi connectivity index (χ2v) is 9.50. The molecular formula is C28H25Cl2F3N8O3. The molecule has 0 aliphatic carbocycles. The number of nitrogens with zero attached hydrogens (tertiary/aromatic N) is 4. The van der Waals surface area contributed by atoms with Crippen LogP contribution in [0, 0.1) is 11.6 Å². The highest BCUT2D eigenvalue weighted by atomic mass is 35.5. The molecule has 1 aliphatic heterocycles. The fraction of sp³-hybridized carbons (Fsp3) is 0.179. The third kappa shape index (κ3) is 6.61. The molecule has 1 amide bonds. The van der Waals surface area contributed by atoms with E-state index in [9.17, 15) is 18.4 Å². The summed E-state index contributed by atoms with van der Waals surface area (Å²) in [4.78, 5) is 30.0. The molecule has 0 saturated carbocycles. The fourth-order valence-electron chi connectivity index (χ4n) is 4.60. The number of nitrogens with one attached hydrogen (secondary N) is 4. The summed E-state index contributed by atoms with van der Waals surface area (Å²) >= 11 is 0. The Morgan fingerprint density at radius 3 is 2.57 bits per heavy atom. The van der Waals surface area contributed by atoms with Gasteiger partial charge in [0.25, 0.3) is 11.5 Å². The second-order valence-electron chi connectivity index (χ2n) is 9.50. The van der Waals surface area contributed by atoms with Gasteiger partial charge in [0.2, 0.25) is 0 Å². The molecule has 0 radical (unpaired) electrons. The SMILES string of the molecule is Cl.Cl.O=C(Nc1ccc(Oc2ccnc3[nH]nc(N[C@H]4CCNC[C@@H]4F)c23)c(F)c1)c1ccnn(-c2ccc(F)cc2)c1=O. The van der Waals surface area contributed by atoms with Gasteiger partial charge >= 0.3 is 0 Å². The van der Waals surface area contributed by atoms with Crippen LogP contribution < -0.4 is 26.2 Å². The Labute approximate surface area is 260 Å². The van der Waals surface area contributed by atoms with Gasteiger partial charge in [-0.15, -0.1) is 24.8 Å².